The standard InChI is InChI=1S/C23H24N2O3/c1-2-14-27-23(26)20-12-13-22(25-16-20)24-15-19-10-6-7-11-21(19)28-17-18-8-4-3-5-9-18/h3-13,16H,2,14-15,17H2,1H3,(H,24,25). The molecule has 1 aromatic heterocycles. The van der Waals surface area contributed by atoms with Crippen LogP contribution in [0.1, 0.15) is 34.8 Å². The highest BCUT2D eigenvalue weighted by Gasteiger charge is 2.08. The SMILES string of the molecule is CCCOC(=O)c1ccc(NCc2ccccc2OCc2ccccc2)nc1. The molecule has 0 bridgehead atoms. The molecule has 144 valence electrons. The maximum Gasteiger partial charge on any atom is 0.339 e. The van der Waals surface area contributed by atoms with Crippen LogP contribution in [0.5, 0.6) is 5.75 Å². The summed E-state index contributed by atoms with van der Waals surface area (Å²) in [4.78, 5) is 16.1. The number of pyridine rings is 1. The van der Waals surface area contributed by atoms with E-state index in [0.717, 1.165) is 23.3 Å². The number of esters is 1. The number of anilines is 1. The molecule has 28 heavy (non-hydrogen) atoms. The largest absolute Gasteiger partial charge is 0.489 e. The van der Waals surface area contributed by atoms with Crippen LogP contribution in [0, 0.1) is 0 Å². The van der Waals surface area contributed by atoms with E-state index in [0.29, 0.717) is 31.1 Å². The average molecular weight is 376 g/mol. The van der Waals surface area contributed by atoms with Crippen molar-refractivity contribution in [3.8, 4) is 5.75 Å². The van der Waals surface area contributed by atoms with Gasteiger partial charge in [-0.25, -0.2) is 9.78 Å². The maximum atomic E-state index is 11.8. The van der Waals surface area contributed by atoms with Gasteiger partial charge in [-0.05, 0) is 30.2 Å². The quantitative estimate of drug-likeness (QED) is 0.542. The van der Waals surface area contributed by atoms with E-state index in [9.17, 15) is 4.79 Å². The van der Waals surface area contributed by atoms with Crippen molar-refractivity contribution in [1.29, 1.82) is 0 Å². The Balaban J connectivity index is 1.58. The number of rotatable bonds is 9. The molecule has 0 aliphatic carbocycles. The van der Waals surface area contributed by atoms with E-state index >= 15 is 0 Å². The first-order valence-electron chi connectivity index (χ1n) is 9.38. The summed E-state index contributed by atoms with van der Waals surface area (Å²) in [6.07, 6.45) is 2.32. The number of aromatic nitrogens is 1. The van der Waals surface area contributed by atoms with E-state index in [1.165, 1.54) is 6.20 Å². The second-order valence-electron chi connectivity index (χ2n) is 6.30. The predicted octanol–water partition coefficient (Wildman–Crippen LogP) is 4.84. The lowest BCUT2D eigenvalue weighted by Crippen LogP contribution is -2.08. The fraction of sp³-hybridized carbons (Fsp3) is 0.217. The van der Waals surface area contributed by atoms with Crippen molar-refractivity contribution < 1.29 is 14.3 Å². The first-order chi connectivity index (χ1) is 13.8. The number of benzene rings is 2. The number of para-hydroxylation sites is 1. The Hall–Kier alpha value is -3.34. The monoisotopic (exact) mass is 376 g/mol. The van der Waals surface area contributed by atoms with Gasteiger partial charge >= 0.3 is 5.97 Å². The third-order valence-corrected chi connectivity index (χ3v) is 4.11. The molecular formula is C23H24N2O3. The van der Waals surface area contributed by atoms with Crippen molar-refractivity contribution >= 4 is 11.8 Å². The van der Waals surface area contributed by atoms with E-state index in [-0.39, 0.29) is 5.97 Å². The molecule has 0 aliphatic rings. The number of hydrogen-bond acceptors (Lipinski definition) is 5. The molecule has 0 atom stereocenters. The Bertz CT molecular complexity index is 880. The van der Waals surface area contributed by atoms with Crippen LogP contribution in [-0.2, 0) is 17.9 Å². The molecule has 3 aromatic rings. The predicted molar refractivity (Wildman–Crippen MR) is 109 cm³/mol. The molecule has 1 heterocycles. The van der Waals surface area contributed by atoms with Crippen molar-refractivity contribution in [3.05, 3.63) is 89.6 Å². The fourth-order valence-corrected chi connectivity index (χ4v) is 2.61. The molecule has 0 aliphatic heterocycles. The normalized spacial score (nSPS) is 10.3. The van der Waals surface area contributed by atoms with Crippen LogP contribution in [0.2, 0.25) is 0 Å². The lowest BCUT2D eigenvalue weighted by molar-refractivity contribution is 0.0504. The zero-order valence-corrected chi connectivity index (χ0v) is 15.9. The Morgan fingerprint density at radius 3 is 2.54 bits per heavy atom. The zero-order chi connectivity index (χ0) is 19.6. The molecule has 2 aromatic carbocycles. The highest BCUT2D eigenvalue weighted by Crippen LogP contribution is 2.20. The topological polar surface area (TPSA) is 60.5 Å². The van der Waals surface area contributed by atoms with Crippen LogP contribution in [0.3, 0.4) is 0 Å². The van der Waals surface area contributed by atoms with Gasteiger partial charge in [0.15, 0.2) is 0 Å². The third kappa shape index (κ3) is 5.58. The van der Waals surface area contributed by atoms with Gasteiger partial charge in [0.1, 0.15) is 18.2 Å². The Morgan fingerprint density at radius 2 is 1.79 bits per heavy atom. The molecule has 0 fully saturated rings. The van der Waals surface area contributed by atoms with E-state index < -0.39 is 0 Å². The zero-order valence-electron chi connectivity index (χ0n) is 15.9. The molecule has 0 saturated carbocycles. The third-order valence-electron chi connectivity index (χ3n) is 4.11. The average Bonchev–Trinajstić information content (AvgIpc) is 2.76. The van der Waals surface area contributed by atoms with Crippen molar-refractivity contribution in [1.82, 2.24) is 4.98 Å². The number of nitrogens with zero attached hydrogens (tertiary/aromatic N) is 1. The number of hydrogen-bond donors (Lipinski definition) is 1. The fourth-order valence-electron chi connectivity index (χ4n) is 2.61. The second kappa shape index (κ2) is 10.1. The minimum Gasteiger partial charge on any atom is -0.489 e. The molecule has 0 radical (unpaired) electrons. The van der Waals surface area contributed by atoms with Crippen molar-refractivity contribution in [2.45, 2.75) is 26.5 Å². The first kappa shape index (κ1) is 19.4. The van der Waals surface area contributed by atoms with Crippen LogP contribution in [0.15, 0.2) is 72.9 Å². The molecule has 0 spiro atoms. The first-order valence-corrected chi connectivity index (χ1v) is 9.38. The van der Waals surface area contributed by atoms with E-state index in [1.54, 1.807) is 12.1 Å². The number of carbonyl (C=O) groups is 1. The molecular weight excluding hydrogens is 352 g/mol. The van der Waals surface area contributed by atoms with Gasteiger partial charge in [0.25, 0.3) is 0 Å². The summed E-state index contributed by atoms with van der Waals surface area (Å²) in [7, 11) is 0. The van der Waals surface area contributed by atoms with Crippen molar-refractivity contribution in [2.75, 3.05) is 11.9 Å². The smallest absolute Gasteiger partial charge is 0.339 e. The van der Waals surface area contributed by atoms with Gasteiger partial charge in [-0.2, -0.15) is 0 Å². The summed E-state index contributed by atoms with van der Waals surface area (Å²) in [5.74, 6) is 1.17. The number of nitrogens with one attached hydrogen (secondary N) is 1. The summed E-state index contributed by atoms with van der Waals surface area (Å²) < 4.78 is 11.1. The van der Waals surface area contributed by atoms with Crippen molar-refractivity contribution in [2.24, 2.45) is 0 Å². The van der Waals surface area contributed by atoms with Crippen molar-refractivity contribution in [3.63, 3.8) is 0 Å². The molecule has 5 nitrogen and oxygen atoms in total. The molecule has 3 rings (SSSR count). The van der Waals surface area contributed by atoms with Gasteiger partial charge in [-0.15, -0.1) is 0 Å². The van der Waals surface area contributed by atoms with Gasteiger partial charge in [0.2, 0.25) is 0 Å². The number of ether oxygens (including phenoxy) is 2. The van der Waals surface area contributed by atoms with Crippen LogP contribution in [-0.4, -0.2) is 17.6 Å². The Labute approximate surface area is 165 Å². The molecule has 0 amide bonds. The maximum absolute atomic E-state index is 11.8. The highest BCUT2D eigenvalue weighted by atomic mass is 16.5. The van der Waals surface area contributed by atoms with Gasteiger partial charge in [-0.1, -0.05) is 55.5 Å². The van der Waals surface area contributed by atoms with Gasteiger partial charge in [-0.3, -0.25) is 0 Å². The van der Waals surface area contributed by atoms with Crippen LogP contribution in [0.4, 0.5) is 5.82 Å². The summed E-state index contributed by atoms with van der Waals surface area (Å²) in [6.45, 7) is 3.46. The second-order valence-corrected chi connectivity index (χ2v) is 6.30. The number of carbonyl (C=O) groups excluding carboxylic acids is 1. The Kier molecular flexibility index (Phi) is 7.01. The van der Waals surface area contributed by atoms with Crippen LogP contribution in [0.25, 0.3) is 0 Å². The van der Waals surface area contributed by atoms with Gasteiger partial charge in [0, 0.05) is 18.3 Å². The molecule has 0 unspecified atom stereocenters. The van der Waals surface area contributed by atoms with Crippen LogP contribution >= 0.6 is 0 Å². The molecule has 5 heteroatoms. The van der Waals surface area contributed by atoms with E-state index in [1.807, 2.05) is 61.5 Å². The van der Waals surface area contributed by atoms with Crippen LogP contribution < -0.4 is 10.1 Å². The van der Waals surface area contributed by atoms with Gasteiger partial charge < -0.3 is 14.8 Å². The molecule has 0 saturated heterocycles. The Morgan fingerprint density at radius 1 is 1.00 bits per heavy atom. The van der Waals surface area contributed by atoms with Gasteiger partial charge in [0.05, 0.1) is 12.2 Å². The van der Waals surface area contributed by atoms with E-state index in [2.05, 4.69) is 10.3 Å². The summed E-state index contributed by atoms with van der Waals surface area (Å²) in [6, 6.07) is 21.5. The lowest BCUT2D eigenvalue weighted by Gasteiger charge is -2.13. The minimum absolute atomic E-state index is 0.347. The minimum atomic E-state index is -0.347. The summed E-state index contributed by atoms with van der Waals surface area (Å²) >= 11 is 0. The molecule has 1 N–H and O–H groups in total. The van der Waals surface area contributed by atoms with E-state index in [4.69, 9.17) is 9.47 Å². The highest BCUT2D eigenvalue weighted by molar-refractivity contribution is 5.89. The lowest BCUT2D eigenvalue weighted by atomic mass is 10.2. The summed E-state index contributed by atoms with van der Waals surface area (Å²) in [5, 5.41) is 3.27. The summed E-state index contributed by atoms with van der Waals surface area (Å²) in [5.41, 5.74) is 2.61.